The molecule has 6 heteroatoms. The van der Waals surface area contributed by atoms with Crippen molar-refractivity contribution < 1.29 is 4.39 Å². The van der Waals surface area contributed by atoms with Crippen LogP contribution in [0, 0.1) is 5.82 Å². The first-order valence-electron chi connectivity index (χ1n) is 5.39. The van der Waals surface area contributed by atoms with Crippen LogP contribution in [0.25, 0.3) is 0 Å². The van der Waals surface area contributed by atoms with E-state index in [4.69, 9.17) is 40.6 Å². The van der Waals surface area contributed by atoms with E-state index in [0.29, 0.717) is 26.2 Å². The van der Waals surface area contributed by atoms with Crippen molar-refractivity contribution in [2.75, 3.05) is 0 Å². The van der Waals surface area contributed by atoms with Gasteiger partial charge in [0.2, 0.25) is 0 Å². The maximum Gasteiger partial charge on any atom is 0.123 e. The quantitative estimate of drug-likeness (QED) is 0.652. The topological polar surface area (TPSA) is 38.0 Å². The van der Waals surface area contributed by atoms with Crippen LogP contribution < -0.4 is 11.3 Å². The van der Waals surface area contributed by atoms with Crippen LogP contribution in [0.4, 0.5) is 4.39 Å². The van der Waals surface area contributed by atoms with Crippen LogP contribution in [-0.4, -0.2) is 0 Å². The van der Waals surface area contributed by atoms with Gasteiger partial charge in [-0.25, -0.2) is 9.82 Å². The van der Waals surface area contributed by atoms with Gasteiger partial charge < -0.3 is 0 Å². The first-order chi connectivity index (χ1) is 9.02. The van der Waals surface area contributed by atoms with Gasteiger partial charge in [0.25, 0.3) is 0 Å². The lowest BCUT2D eigenvalue weighted by Gasteiger charge is -2.19. The zero-order valence-electron chi connectivity index (χ0n) is 9.63. The van der Waals surface area contributed by atoms with Crippen molar-refractivity contribution in [3.63, 3.8) is 0 Å². The molecule has 0 aliphatic carbocycles. The predicted molar refractivity (Wildman–Crippen MR) is 77.0 cm³/mol. The Morgan fingerprint density at radius 3 is 2.16 bits per heavy atom. The minimum atomic E-state index is -0.547. The second-order valence-electron chi connectivity index (χ2n) is 3.93. The maximum absolute atomic E-state index is 13.4. The highest BCUT2D eigenvalue weighted by molar-refractivity contribution is 6.34. The minimum absolute atomic E-state index is 0.389. The molecule has 0 aliphatic heterocycles. The van der Waals surface area contributed by atoms with Crippen molar-refractivity contribution in [2.45, 2.75) is 6.04 Å². The first kappa shape index (κ1) is 14.6. The van der Waals surface area contributed by atoms with Gasteiger partial charge in [0, 0.05) is 15.1 Å². The Hall–Kier alpha value is -0.840. The Balaban J connectivity index is 2.55. The Morgan fingerprint density at radius 1 is 0.947 bits per heavy atom. The van der Waals surface area contributed by atoms with Gasteiger partial charge in [-0.2, -0.15) is 0 Å². The Labute approximate surface area is 125 Å². The number of nitrogens with one attached hydrogen (secondary N) is 1. The third-order valence-corrected chi connectivity index (χ3v) is 3.63. The van der Waals surface area contributed by atoms with E-state index in [1.54, 1.807) is 18.2 Å². The Kier molecular flexibility index (Phi) is 4.66. The first-order valence-corrected chi connectivity index (χ1v) is 6.52. The zero-order chi connectivity index (χ0) is 14.0. The highest BCUT2D eigenvalue weighted by atomic mass is 35.5. The smallest absolute Gasteiger partial charge is 0.123 e. The van der Waals surface area contributed by atoms with Crippen LogP contribution in [-0.2, 0) is 0 Å². The summed E-state index contributed by atoms with van der Waals surface area (Å²) in [5.74, 6) is 5.14. The number of hydrazine groups is 1. The third kappa shape index (κ3) is 3.19. The molecule has 0 radical (unpaired) electrons. The summed E-state index contributed by atoms with van der Waals surface area (Å²) in [5.41, 5.74) is 3.70. The molecule has 0 aromatic heterocycles. The van der Waals surface area contributed by atoms with E-state index >= 15 is 0 Å². The second kappa shape index (κ2) is 6.07. The molecule has 0 saturated carbocycles. The standard InChI is InChI=1S/C13H10Cl3FN2/c14-7-1-3-11(15)9(5-7)13(19-18)10-6-8(17)2-4-12(10)16/h1-6,13,19H,18H2. The number of benzene rings is 2. The monoisotopic (exact) mass is 318 g/mol. The molecule has 2 aromatic rings. The van der Waals surface area contributed by atoms with Gasteiger partial charge in [0.05, 0.1) is 6.04 Å². The van der Waals surface area contributed by atoms with Crippen LogP contribution in [0.15, 0.2) is 36.4 Å². The highest BCUT2D eigenvalue weighted by Crippen LogP contribution is 2.33. The molecule has 2 rings (SSSR count). The Morgan fingerprint density at radius 2 is 1.53 bits per heavy atom. The van der Waals surface area contributed by atoms with E-state index in [0.717, 1.165) is 0 Å². The molecule has 0 heterocycles. The van der Waals surface area contributed by atoms with E-state index in [-0.39, 0.29) is 0 Å². The molecule has 0 amide bonds. The van der Waals surface area contributed by atoms with Crippen molar-refractivity contribution >= 4 is 34.8 Å². The molecular formula is C13H10Cl3FN2. The fourth-order valence-corrected chi connectivity index (χ4v) is 2.45. The van der Waals surface area contributed by atoms with Crippen molar-refractivity contribution in [3.8, 4) is 0 Å². The van der Waals surface area contributed by atoms with Crippen LogP contribution in [0.5, 0.6) is 0 Å². The normalized spacial score (nSPS) is 12.5. The molecule has 0 spiro atoms. The summed E-state index contributed by atoms with van der Waals surface area (Å²) in [5, 5.41) is 1.36. The average Bonchev–Trinajstić information content (AvgIpc) is 2.38. The lowest BCUT2D eigenvalue weighted by molar-refractivity contribution is 0.605. The van der Waals surface area contributed by atoms with E-state index < -0.39 is 11.9 Å². The van der Waals surface area contributed by atoms with Gasteiger partial charge in [0.1, 0.15) is 5.82 Å². The molecule has 2 aromatic carbocycles. The van der Waals surface area contributed by atoms with E-state index in [1.165, 1.54) is 18.2 Å². The number of halogens is 4. The number of nitrogens with two attached hydrogens (primary N) is 1. The predicted octanol–water partition coefficient (Wildman–Crippen LogP) is 4.34. The van der Waals surface area contributed by atoms with E-state index in [2.05, 4.69) is 5.43 Å². The second-order valence-corrected chi connectivity index (χ2v) is 5.18. The summed E-state index contributed by atoms with van der Waals surface area (Å²) in [7, 11) is 0. The van der Waals surface area contributed by atoms with Crippen LogP contribution >= 0.6 is 34.8 Å². The van der Waals surface area contributed by atoms with Crippen LogP contribution in [0.1, 0.15) is 17.2 Å². The molecule has 0 saturated heterocycles. The van der Waals surface area contributed by atoms with Gasteiger partial charge in [-0.05, 0) is 47.5 Å². The van der Waals surface area contributed by atoms with Crippen molar-refractivity contribution in [2.24, 2.45) is 5.84 Å². The van der Waals surface area contributed by atoms with Gasteiger partial charge in [-0.15, -0.1) is 0 Å². The van der Waals surface area contributed by atoms with Gasteiger partial charge in [-0.1, -0.05) is 34.8 Å². The van der Waals surface area contributed by atoms with Crippen molar-refractivity contribution in [1.29, 1.82) is 0 Å². The molecule has 100 valence electrons. The third-order valence-electron chi connectivity index (χ3n) is 2.70. The highest BCUT2D eigenvalue weighted by Gasteiger charge is 2.19. The molecule has 1 unspecified atom stereocenters. The van der Waals surface area contributed by atoms with Crippen molar-refractivity contribution in [3.05, 3.63) is 68.4 Å². The van der Waals surface area contributed by atoms with Crippen LogP contribution in [0.3, 0.4) is 0 Å². The minimum Gasteiger partial charge on any atom is -0.271 e. The molecule has 2 nitrogen and oxygen atoms in total. The summed E-state index contributed by atoms with van der Waals surface area (Å²) in [6.07, 6.45) is 0. The van der Waals surface area contributed by atoms with Gasteiger partial charge >= 0.3 is 0 Å². The molecule has 0 aliphatic rings. The molecule has 1 atom stereocenters. The molecule has 0 fully saturated rings. The fourth-order valence-electron chi connectivity index (χ4n) is 1.82. The molecular weight excluding hydrogens is 310 g/mol. The summed E-state index contributed by atoms with van der Waals surface area (Å²) in [6.45, 7) is 0. The lowest BCUT2D eigenvalue weighted by atomic mass is 9.99. The van der Waals surface area contributed by atoms with Crippen LogP contribution in [0.2, 0.25) is 15.1 Å². The Bertz CT molecular complexity index is 553. The largest absolute Gasteiger partial charge is 0.271 e. The summed E-state index contributed by atoms with van der Waals surface area (Å²) in [6, 6.07) is 8.48. The molecule has 19 heavy (non-hydrogen) atoms. The van der Waals surface area contributed by atoms with Gasteiger partial charge in [0.15, 0.2) is 0 Å². The molecule has 3 N–H and O–H groups in total. The summed E-state index contributed by atoms with van der Waals surface area (Å²) < 4.78 is 13.4. The SMILES string of the molecule is NNC(c1cc(F)ccc1Cl)c1cc(Cl)ccc1Cl. The lowest BCUT2D eigenvalue weighted by Crippen LogP contribution is -2.29. The number of hydrogen-bond acceptors (Lipinski definition) is 2. The summed E-state index contributed by atoms with van der Waals surface area (Å²) in [4.78, 5) is 0. The number of rotatable bonds is 3. The maximum atomic E-state index is 13.4. The fraction of sp³-hybridized carbons (Fsp3) is 0.0769. The van der Waals surface area contributed by atoms with Crippen molar-refractivity contribution in [1.82, 2.24) is 5.43 Å². The zero-order valence-corrected chi connectivity index (χ0v) is 11.9. The average molecular weight is 320 g/mol. The van der Waals surface area contributed by atoms with E-state index in [1.807, 2.05) is 0 Å². The van der Waals surface area contributed by atoms with E-state index in [9.17, 15) is 4.39 Å². The van der Waals surface area contributed by atoms with Gasteiger partial charge in [-0.3, -0.25) is 5.84 Å². The summed E-state index contributed by atoms with van der Waals surface area (Å²) >= 11 is 18.1. The number of hydrogen-bond donors (Lipinski definition) is 2. The molecule has 0 bridgehead atoms.